The quantitative estimate of drug-likeness (QED) is 0.280. The van der Waals surface area contributed by atoms with Crippen molar-refractivity contribution in [2.45, 2.75) is 45.2 Å². The zero-order valence-electron chi connectivity index (χ0n) is 22.9. The predicted octanol–water partition coefficient (Wildman–Crippen LogP) is 5.19. The van der Waals surface area contributed by atoms with Crippen molar-refractivity contribution in [3.8, 4) is 11.1 Å². The van der Waals surface area contributed by atoms with E-state index in [0.717, 1.165) is 22.9 Å². The van der Waals surface area contributed by atoms with Gasteiger partial charge in [-0.15, -0.1) is 0 Å². The second-order valence-corrected chi connectivity index (χ2v) is 11.1. The van der Waals surface area contributed by atoms with Crippen LogP contribution in [0.2, 0.25) is 0 Å². The number of aromatic amines is 1. The molecule has 0 spiro atoms. The van der Waals surface area contributed by atoms with Gasteiger partial charge < -0.3 is 15.5 Å². The molecule has 0 radical (unpaired) electrons. The van der Waals surface area contributed by atoms with Crippen LogP contribution in [0.5, 0.6) is 0 Å². The zero-order valence-corrected chi connectivity index (χ0v) is 22.9. The molecule has 1 saturated heterocycles. The minimum atomic E-state index is -0.418. The molecule has 1 atom stereocenters. The number of H-pyrrole nitrogens is 1. The topological polar surface area (TPSA) is 103 Å². The average molecular weight is 541 g/mol. The van der Waals surface area contributed by atoms with Gasteiger partial charge in [0, 0.05) is 43.0 Å². The molecule has 0 saturated carbocycles. The standard InChI is InChI=1S/C31H33FN6O2/c1-5-26(39)38-15-13-23(18-38)35-29-27-24(12-14-33-28(27)36-37-29)20-6-7-21(25(32)16-20)17-34-30(40)19-8-10-22(11-9-19)31(2,3)4/h5-12,14,16,23H,1,13,15,17-18H2,2-4H3,(H,34,40)(H2,33,35,36,37)/t23-/m0/s1. The number of nitrogens with zero attached hydrogens (tertiary/aromatic N) is 3. The Labute approximate surface area is 232 Å². The van der Waals surface area contributed by atoms with Crippen LogP contribution in [-0.2, 0) is 16.8 Å². The fourth-order valence-corrected chi connectivity index (χ4v) is 4.95. The summed E-state index contributed by atoms with van der Waals surface area (Å²) in [5.41, 5.74) is 4.06. The molecule has 0 unspecified atom stereocenters. The van der Waals surface area contributed by atoms with E-state index in [1.807, 2.05) is 24.3 Å². The molecule has 4 aromatic rings. The highest BCUT2D eigenvalue weighted by Gasteiger charge is 2.26. The lowest BCUT2D eigenvalue weighted by Crippen LogP contribution is -2.30. The normalized spacial score (nSPS) is 15.3. The summed E-state index contributed by atoms with van der Waals surface area (Å²) in [7, 11) is 0. The molecule has 1 fully saturated rings. The lowest BCUT2D eigenvalue weighted by atomic mass is 9.87. The smallest absolute Gasteiger partial charge is 0.251 e. The van der Waals surface area contributed by atoms with Crippen LogP contribution in [-0.4, -0.2) is 51.0 Å². The van der Waals surface area contributed by atoms with Crippen LogP contribution >= 0.6 is 0 Å². The van der Waals surface area contributed by atoms with Gasteiger partial charge in [-0.2, -0.15) is 5.10 Å². The van der Waals surface area contributed by atoms with Crippen LogP contribution in [0.25, 0.3) is 22.2 Å². The number of benzene rings is 2. The maximum atomic E-state index is 15.2. The number of nitrogens with one attached hydrogen (secondary N) is 3. The van der Waals surface area contributed by atoms with Crippen molar-refractivity contribution in [3.05, 3.63) is 89.9 Å². The van der Waals surface area contributed by atoms with E-state index in [1.54, 1.807) is 29.3 Å². The van der Waals surface area contributed by atoms with Crippen LogP contribution < -0.4 is 10.6 Å². The zero-order chi connectivity index (χ0) is 28.4. The molecule has 8 nitrogen and oxygen atoms in total. The van der Waals surface area contributed by atoms with Crippen LogP contribution in [0.4, 0.5) is 10.2 Å². The van der Waals surface area contributed by atoms with E-state index in [-0.39, 0.29) is 29.8 Å². The summed E-state index contributed by atoms with van der Waals surface area (Å²) in [6.07, 6.45) is 3.75. The number of fused-ring (bicyclic) bond motifs is 1. The van der Waals surface area contributed by atoms with Crippen molar-refractivity contribution in [1.82, 2.24) is 25.4 Å². The fraction of sp³-hybridized carbons (Fsp3) is 0.290. The molecule has 2 aromatic heterocycles. The van der Waals surface area contributed by atoms with Gasteiger partial charge in [0.25, 0.3) is 5.91 Å². The van der Waals surface area contributed by atoms with Gasteiger partial charge in [0.15, 0.2) is 11.5 Å². The maximum Gasteiger partial charge on any atom is 0.251 e. The number of rotatable bonds is 7. The van der Waals surface area contributed by atoms with Crippen LogP contribution in [0.3, 0.4) is 0 Å². The number of likely N-dealkylation sites (tertiary alicyclic amines) is 1. The minimum Gasteiger partial charge on any atom is -0.363 e. The summed E-state index contributed by atoms with van der Waals surface area (Å²) in [5.74, 6) is -0.165. The Bertz CT molecular complexity index is 1570. The van der Waals surface area contributed by atoms with Crippen molar-refractivity contribution in [2.75, 3.05) is 18.4 Å². The van der Waals surface area contributed by atoms with Crippen molar-refractivity contribution >= 4 is 28.7 Å². The van der Waals surface area contributed by atoms with Crippen molar-refractivity contribution in [1.29, 1.82) is 0 Å². The third-order valence-electron chi connectivity index (χ3n) is 7.29. The highest BCUT2D eigenvalue weighted by molar-refractivity contribution is 6.00. The first-order valence-corrected chi connectivity index (χ1v) is 13.3. The van der Waals surface area contributed by atoms with Gasteiger partial charge in [-0.3, -0.25) is 14.7 Å². The number of carbonyl (C=O) groups is 2. The third-order valence-corrected chi connectivity index (χ3v) is 7.29. The van der Waals surface area contributed by atoms with Crippen LogP contribution in [0, 0.1) is 5.82 Å². The van der Waals surface area contributed by atoms with E-state index in [0.29, 0.717) is 41.2 Å². The number of carbonyl (C=O) groups excluding carboxylic acids is 2. The molecule has 9 heteroatoms. The Morgan fingerprint density at radius 2 is 1.95 bits per heavy atom. The SMILES string of the molecule is C=CC(=O)N1CC[C@H](Nc2n[nH]c3nccc(-c4ccc(CNC(=O)c5ccc(C(C)(C)C)cc5)c(F)c4)c23)C1. The molecule has 5 rings (SSSR count). The Morgan fingerprint density at radius 1 is 1.18 bits per heavy atom. The number of anilines is 1. The number of halogens is 1. The maximum absolute atomic E-state index is 15.2. The van der Waals surface area contributed by atoms with Crippen molar-refractivity contribution in [2.24, 2.45) is 0 Å². The monoisotopic (exact) mass is 540 g/mol. The minimum absolute atomic E-state index is 0.00286. The third kappa shape index (κ3) is 5.59. The molecule has 2 aromatic carbocycles. The summed E-state index contributed by atoms with van der Waals surface area (Å²) in [4.78, 5) is 30.7. The molecule has 206 valence electrons. The molecule has 0 aliphatic carbocycles. The van der Waals surface area contributed by atoms with Gasteiger partial charge in [-0.1, -0.05) is 51.6 Å². The summed E-state index contributed by atoms with van der Waals surface area (Å²) < 4.78 is 15.2. The molecular formula is C31H33FN6O2. The number of hydrogen-bond acceptors (Lipinski definition) is 5. The number of aromatic nitrogens is 3. The highest BCUT2D eigenvalue weighted by atomic mass is 19.1. The van der Waals surface area contributed by atoms with Crippen LogP contribution in [0.15, 0.2) is 67.4 Å². The first kappa shape index (κ1) is 27.1. The number of amides is 2. The van der Waals surface area contributed by atoms with E-state index in [9.17, 15) is 9.59 Å². The number of hydrogen-bond donors (Lipinski definition) is 3. The Morgan fingerprint density at radius 3 is 2.65 bits per heavy atom. The highest BCUT2D eigenvalue weighted by Crippen LogP contribution is 2.33. The summed E-state index contributed by atoms with van der Waals surface area (Å²) in [5, 5.41) is 14.3. The van der Waals surface area contributed by atoms with Gasteiger partial charge in [0.1, 0.15) is 5.82 Å². The van der Waals surface area contributed by atoms with Gasteiger partial charge in [-0.25, -0.2) is 9.37 Å². The summed E-state index contributed by atoms with van der Waals surface area (Å²) in [6, 6.07) is 14.3. The summed E-state index contributed by atoms with van der Waals surface area (Å²) >= 11 is 0. The van der Waals surface area contributed by atoms with E-state index in [2.05, 4.69) is 53.2 Å². The van der Waals surface area contributed by atoms with E-state index in [1.165, 1.54) is 12.1 Å². The largest absolute Gasteiger partial charge is 0.363 e. The number of pyridine rings is 1. The Kier molecular flexibility index (Phi) is 7.38. The van der Waals surface area contributed by atoms with Crippen molar-refractivity contribution < 1.29 is 14.0 Å². The second-order valence-electron chi connectivity index (χ2n) is 11.1. The lowest BCUT2D eigenvalue weighted by molar-refractivity contribution is -0.125. The molecule has 1 aliphatic rings. The summed E-state index contributed by atoms with van der Waals surface area (Å²) in [6.45, 7) is 11.2. The Hall–Kier alpha value is -4.53. The van der Waals surface area contributed by atoms with E-state index < -0.39 is 5.82 Å². The molecule has 2 amide bonds. The first-order chi connectivity index (χ1) is 19.1. The molecule has 3 heterocycles. The Balaban J connectivity index is 1.31. The molecule has 0 bridgehead atoms. The molecule has 1 aliphatic heterocycles. The van der Waals surface area contributed by atoms with Gasteiger partial charge >= 0.3 is 0 Å². The lowest BCUT2D eigenvalue weighted by Gasteiger charge is -2.19. The molecule has 3 N–H and O–H groups in total. The van der Waals surface area contributed by atoms with Gasteiger partial charge in [0.05, 0.1) is 5.39 Å². The van der Waals surface area contributed by atoms with Gasteiger partial charge in [-0.05, 0) is 58.9 Å². The van der Waals surface area contributed by atoms with E-state index >= 15 is 4.39 Å². The average Bonchev–Trinajstić information content (AvgIpc) is 3.59. The van der Waals surface area contributed by atoms with E-state index in [4.69, 9.17) is 0 Å². The van der Waals surface area contributed by atoms with Crippen molar-refractivity contribution in [3.63, 3.8) is 0 Å². The molecule has 40 heavy (non-hydrogen) atoms. The second kappa shape index (κ2) is 10.9. The van der Waals surface area contributed by atoms with Crippen LogP contribution in [0.1, 0.15) is 48.7 Å². The predicted molar refractivity (Wildman–Crippen MR) is 154 cm³/mol. The first-order valence-electron chi connectivity index (χ1n) is 13.3. The fourth-order valence-electron chi connectivity index (χ4n) is 4.95. The molecular weight excluding hydrogens is 507 g/mol. The van der Waals surface area contributed by atoms with Gasteiger partial charge in [0.2, 0.25) is 5.91 Å².